The maximum absolute atomic E-state index is 10.3. The normalized spacial score (nSPS) is 21.3. The van der Waals surface area contributed by atoms with E-state index in [-0.39, 0.29) is 11.8 Å². The Kier molecular flexibility index (Phi) is 3.28. The first-order chi connectivity index (χ1) is 12.3. The van der Waals surface area contributed by atoms with Crippen LogP contribution in [0.25, 0.3) is 0 Å². The van der Waals surface area contributed by atoms with Crippen molar-refractivity contribution in [2.45, 2.75) is 18.7 Å². The second kappa shape index (κ2) is 5.63. The standard InChI is InChI=1S/C20H16N2O2S/c23-17-8-3-1-7-14(17)20-22-16(13-6-2-4-9-18(13)24-20)12-15(21-22)19-10-5-11-25-19/h1-11,16,20,23H,12H2. The molecule has 2 aromatic carbocycles. The van der Waals surface area contributed by atoms with Crippen molar-refractivity contribution in [3.8, 4) is 11.5 Å². The molecular weight excluding hydrogens is 332 g/mol. The summed E-state index contributed by atoms with van der Waals surface area (Å²) in [6.07, 6.45) is 0.406. The second-order valence-corrected chi connectivity index (χ2v) is 7.14. The molecule has 25 heavy (non-hydrogen) atoms. The van der Waals surface area contributed by atoms with E-state index >= 15 is 0 Å². The predicted octanol–water partition coefficient (Wildman–Crippen LogP) is 4.70. The lowest BCUT2D eigenvalue weighted by molar-refractivity contribution is -0.0203. The number of para-hydroxylation sites is 2. The number of hydrogen-bond donors (Lipinski definition) is 1. The number of hydrazone groups is 1. The summed E-state index contributed by atoms with van der Waals surface area (Å²) in [4.78, 5) is 1.18. The van der Waals surface area contributed by atoms with Gasteiger partial charge in [0.2, 0.25) is 6.23 Å². The highest BCUT2D eigenvalue weighted by atomic mass is 32.1. The lowest BCUT2D eigenvalue weighted by atomic mass is 9.97. The van der Waals surface area contributed by atoms with Gasteiger partial charge in [-0.15, -0.1) is 11.3 Å². The van der Waals surface area contributed by atoms with Crippen LogP contribution in [-0.4, -0.2) is 15.8 Å². The summed E-state index contributed by atoms with van der Waals surface area (Å²) in [5.41, 5.74) is 2.95. The van der Waals surface area contributed by atoms with Gasteiger partial charge in [0.1, 0.15) is 11.5 Å². The third-order valence-electron chi connectivity index (χ3n) is 4.71. The molecule has 2 unspecified atom stereocenters. The Balaban J connectivity index is 1.63. The van der Waals surface area contributed by atoms with Crippen molar-refractivity contribution in [1.29, 1.82) is 0 Å². The van der Waals surface area contributed by atoms with Gasteiger partial charge in [0.05, 0.1) is 22.2 Å². The smallest absolute Gasteiger partial charge is 0.217 e. The summed E-state index contributed by atoms with van der Waals surface area (Å²) in [6, 6.07) is 19.7. The topological polar surface area (TPSA) is 45.1 Å². The highest BCUT2D eigenvalue weighted by Crippen LogP contribution is 2.48. The van der Waals surface area contributed by atoms with Crippen molar-refractivity contribution < 1.29 is 9.84 Å². The molecule has 2 aliphatic rings. The highest BCUT2D eigenvalue weighted by Gasteiger charge is 2.41. The van der Waals surface area contributed by atoms with Gasteiger partial charge < -0.3 is 9.84 Å². The van der Waals surface area contributed by atoms with Gasteiger partial charge in [-0.2, -0.15) is 5.10 Å². The van der Waals surface area contributed by atoms with Crippen LogP contribution in [0.5, 0.6) is 11.5 Å². The van der Waals surface area contributed by atoms with Crippen molar-refractivity contribution in [2.75, 3.05) is 0 Å². The largest absolute Gasteiger partial charge is 0.507 e. The van der Waals surface area contributed by atoms with Crippen LogP contribution in [-0.2, 0) is 0 Å². The zero-order valence-electron chi connectivity index (χ0n) is 13.4. The van der Waals surface area contributed by atoms with Gasteiger partial charge in [0.25, 0.3) is 0 Å². The molecule has 1 aromatic heterocycles. The number of fused-ring (bicyclic) bond motifs is 3. The molecule has 2 atom stereocenters. The molecule has 5 heteroatoms. The average molecular weight is 348 g/mol. The zero-order valence-corrected chi connectivity index (χ0v) is 14.2. The van der Waals surface area contributed by atoms with E-state index in [2.05, 4.69) is 17.5 Å². The fourth-order valence-electron chi connectivity index (χ4n) is 3.53. The SMILES string of the molecule is Oc1ccccc1C1Oc2ccccc2C2CC(c3cccs3)=NN21. The Morgan fingerprint density at radius 1 is 1.00 bits per heavy atom. The molecule has 4 nitrogen and oxygen atoms in total. The maximum atomic E-state index is 10.3. The van der Waals surface area contributed by atoms with Crippen LogP contribution in [0, 0.1) is 0 Å². The Labute approximate surface area is 149 Å². The monoisotopic (exact) mass is 348 g/mol. The third-order valence-corrected chi connectivity index (χ3v) is 5.63. The van der Waals surface area contributed by atoms with E-state index in [0.29, 0.717) is 0 Å². The van der Waals surface area contributed by atoms with Crippen LogP contribution < -0.4 is 4.74 Å². The van der Waals surface area contributed by atoms with E-state index in [1.54, 1.807) is 17.4 Å². The molecule has 124 valence electrons. The number of nitrogens with zero attached hydrogens (tertiary/aromatic N) is 2. The van der Waals surface area contributed by atoms with Crippen molar-refractivity contribution in [2.24, 2.45) is 5.10 Å². The summed E-state index contributed by atoms with van der Waals surface area (Å²) in [6.45, 7) is 0. The van der Waals surface area contributed by atoms with E-state index in [9.17, 15) is 5.11 Å². The fourth-order valence-corrected chi connectivity index (χ4v) is 4.25. The number of hydrogen-bond acceptors (Lipinski definition) is 5. The summed E-state index contributed by atoms with van der Waals surface area (Å²) in [5.74, 6) is 1.09. The third kappa shape index (κ3) is 2.31. The Bertz CT molecular complexity index is 952. The quantitative estimate of drug-likeness (QED) is 0.730. The number of phenols is 1. The molecule has 3 heterocycles. The van der Waals surface area contributed by atoms with Crippen LogP contribution in [0.4, 0.5) is 0 Å². The molecule has 0 spiro atoms. The van der Waals surface area contributed by atoms with Crippen LogP contribution >= 0.6 is 11.3 Å². The van der Waals surface area contributed by atoms with E-state index in [1.165, 1.54) is 4.88 Å². The average Bonchev–Trinajstić information content (AvgIpc) is 3.31. The minimum absolute atomic E-state index is 0.117. The molecule has 0 saturated heterocycles. The van der Waals surface area contributed by atoms with Gasteiger partial charge in [0, 0.05) is 12.0 Å². The van der Waals surface area contributed by atoms with Gasteiger partial charge in [-0.25, -0.2) is 5.01 Å². The van der Waals surface area contributed by atoms with Gasteiger partial charge >= 0.3 is 0 Å². The first-order valence-electron chi connectivity index (χ1n) is 8.24. The first kappa shape index (κ1) is 14.5. The van der Waals surface area contributed by atoms with Crippen molar-refractivity contribution in [1.82, 2.24) is 5.01 Å². The van der Waals surface area contributed by atoms with E-state index in [1.807, 2.05) is 47.5 Å². The lowest BCUT2D eigenvalue weighted by Crippen LogP contribution is -2.33. The molecule has 0 fully saturated rings. The first-order valence-corrected chi connectivity index (χ1v) is 9.12. The number of benzene rings is 2. The Morgan fingerprint density at radius 2 is 1.80 bits per heavy atom. The lowest BCUT2D eigenvalue weighted by Gasteiger charge is -2.38. The van der Waals surface area contributed by atoms with Gasteiger partial charge in [0.15, 0.2) is 0 Å². The highest BCUT2D eigenvalue weighted by molar-refractivity contribution is 7.12. The predicted molar refractivity (Wildman–Crippen MR) is 98.0 cm³/mol. The number of rotatable bonds is 2. The molecule has 5 rings (SSSR count). The molecule has 0 aliphatic carbocycles. The van der Waals surface area contributed by atoms with E-state index in [0.717, 1.165) is 29.0 Å². The zero-order chi connectivity index (χ0) is 16.8. The van der Waals surface area contributed by atoms with Crippen molar-refractivity contribution in [3.05, 3.63) is 82.0 Å². The summed E-state index contributed by atoms with van der Waals surface area (Å²) < 4.78 is 6.24. The summed E-state index contributed by atoms with van der Waals surface area (Å²) in [5, 5.41) is 19.3. The van der Waals surface area contributed by atoms with Crippen LogP contribution in [0.2, 0.25) is 0 Å². The Hall–Kier alpha value is -2.79. The number of thiophene rings is 1. The minimum Gasteiger partial charge on any atom is -0.507 e. The van der Waals surface area contributed by atoms with Crippen LogP contribution in [0.15, 0.2) is 71.1 Å². The number of phenolic OH excluding ortho intramolecular Hbond substituents is 1. The minimum atomic E-state index is -0.432. The van der Waals surface area contributed by atoms with Crippen LogP contribution in [0.1, 0.15) is 34.7 Å². The molecule has 0 bridgehead atoms. The van der Waals surface area contributed by atoms with Gasteiger partial charge in [-0.05, 0) is 29.6 Å². The van der Waals surface area contributed by atoms with Crippen molar-refractivity contribution in [3.63, 3.8) is 0 Å². The summed E-state index contributed by atoms with van der Waals surface area (Å²) >= 11 is 1.70. The summed E-state index contributed by atoms with van der Waals surface area (Å²) in [7, 11) is 0. The number of ether oxygens (including phenoxy) is 1. The number of aromatic hydroxyl groups is 1. The second-order valence-electron chi connectivity index (χ2n) is 6.19. The Morgan fingerprint density at radius 3 is 2.60 bits per heavy atom. The van der Waals surface area contributed by atoms with Crippen LogP contribution in [0.3, 0.4) is 0 Å². The fraction of sp³-hybridized carbons (Fsp3) is 0.150. The molecule has 0 amide bonds. The van der Waals surface area contributed by atoms with Gasteiger partial charge in [-0.1, -0.05) is 36.4 Å². The molecule has 3 aromatic rings. The van der Waals surface area contributed by atoms with E-state index < -0.39 is 6.23 Å². The molecule has 2 aliphatic heterocycles. The molecule has 0 radical (unpaired) electrons. The van der Waals surface area contributed by atoms with E-state index in [4.69, 9.17) is 9.84 Å². The molecular formula is C20H16N2O2S. The maximum Gasteiger partial charge on any atom is 0.217 e. The van der Waals surface area contributed by atoms with Gasteiger partial charge in [-0.3, -0.25) is 0 Å². The molecule has 1 N–H and O–H groups in total. The van der Waals surface area contributed by atoms with Crippen molar-refractivity contribution >= 4 is 17.0 Å². The molecule has 0 saturated carbocycles.